The van der Waals surface area contributed by atoms with Gasteiger partial charge >= 0.3 is 0 Å². The van der Waals surface area contributed by atoms with Gasteiger partial charge in [-0.1, -0.05) is 0 Å². The Morgan fingerprint density at radius 2 is 2.00 bits per heavy atom. The highest BCUT2D eigenvalue weighted by Crippen LogP contribution is 2.19. The molecule has 2 unspecified atom stereocenters. The third kappa shape index (κ3) is 2.92. The summed E-state index contributed by atoms with van der Waals surface area (Å²) in [6.45, 7) is 10.2. The van der Waals surface area contributed by atoms with Crippen molar-refractivity contribution in [3.8, 4) is 0 Å². The van der Waals surface area contributed by atoms with Gasteiger partial charge in [-0.2, -0.15) is 0 Å². The molecule has 15 heavy (non-hydrogen) atoms. The van der Waals surface area contributed by atoms with Crippen LogP contribution in [0.5, 0.6) is 0 Å². The maximum Gasteiger partial charge on any atom is 0.0700 e. The predicted octanol–water partition coefficient (Wildman–Crippen LogP) is 1.10. The lowest BCUT2D eigenvalue weighted by atomic mass is 9.96. The van der Waals surface area contributed by atoms with Crippen molar-refractivity contribution in [2.75, 3.05) is 32.8 Å². The quantitative estimate of drug-likeness (QED) is 0.742. The molecule has 2 aliphatic heterocycles. The lowest BCUT2D eigenvalue weighted by Crippen LogP contribution is -2.50. The molecule has 0 spiro atoms. The van der Waals surface area contributed by atoms with Crippen LogP contribution in [-0.2, 0) is 4.74 Å². The number of nitrogens with zero attached hydrogens (tertiary/aromatic N) is 1. The first-order valence-corrected chi connectivity index (χ1v) is 6.33. The Morgan fingerprint density at radius 3 is 2.73 bits per heavy atom. The highest BCUT2D eigenvalue weighted by atomic mass is 16.5. The highest BCUT2D eigenvalue weighted by molar-refractivity contribution is 4.81. The molecular weight excluding hydrogens is 188 g/mol. The number of hydrogen-bond donors (Lipinski definition) is 1. The number of piperidine rings is 1. The molecule has 0 aliphatic carbocycles. The van der Waals surface area contributed by atoms with Gasteiger partial charge in [0.05, 0.1) is 12.7 Å². The smallest absolute Gasteiger partial charge is 0.0700 e. The molecule has 2 aliphatic rings. The van der Waals surface area contributed by atoms with Crippen LogP contribution >= 0.6 is 0 Å². The Kier molecular flexibility index (Phi) is 4.00. The van der Waals surface area contributed by atoms with Crippen molar-refractivity contribution in [2.24, 2.45) is 5.92 Å². The number of ether oxygens (including phenoxy) is 1. The van der Waals surface area contributed by atoms with Gasteiger partial charge in [-0.25, -0.2) is 0 Å². The van der Waals surface area contributed by atoms with E-state index < -0.39 is 0 Å². The number of nitrogens with one attached hydrogen (secondary N) is 1. The monoisotopic (exact) mass is 212 g/mol. The molecule has 0 aromatic rings. The molecule has 0 bridgehead atoms. The summed E-state index contributed by atoms with van der Waals surface area (Å²) in [6, 6.07) is 0.591. The van der Waals surface area contributed by atoms with E-state index in [0.717, 1.165) is 19.1 Å². The second-order valence-electron chi connectivity index (χ2n) is 5.00. The van der Waals surface area contributed by atoms with Gasteiger partial charge < -0.3 is 10.1 Å². The van der Waals surface area contributed by atoms with Crippen molar-refractivity contribution in [1.29, 1.82) is 0 Å². The largest absolute Gasteiger partial charge is 0.376 e. The van der Waals surface area contributed by atoms with Crippen molar-refractivity contribution >= 4 is 0 Å². The van der Waals surface area contributed by atoms with E-state index >= 15 is 0 Å². The minimum Gasteiger partial charge on any atom is -0.376 e. The van der Waals surface area contributed by atoms with Crippen molar-refractivity contribution in [3.05, 3.63) is 0 Å². The average molecular weight is 212 g/mol. The first-order valence-electron chi connectivity index (χ1n) is 6.33. The van der Waals surface area contributed by atoms with Gasteiger partial charge in [0, 0.05) is 19.1 Å². The van der Waals surface area contributed by atoms with E-state index in [0.29, 0.717) is 12.1 Å². The third-order valence-electron chi connectivity index (χ3n) is 3.97. The molecule has 3 nitrogen and oxygen atoms in total. The summed E-state index contributed by atoms with van der Waals surface area (Å²) in [5.74, 6) is 0.902. The zero-order valence-corrected chi connectivity index (χ0v) is 10.0. The molecule has 0 saturated carbocycles. The number of rotatable bonds is 2. The zero-order chi connectivity index (χ0) is 10.7. The Morgan fingerprint density at radius 1 is 1.27 bits per heavy atom. The van der Waals surface area contributed by atoms with E-state index in [2.05, 4.69) is 24.1 Å². The molecule has 2 heterocycles. The second-order valence-corrected chi connectivity index (χ2v) is 5.00. The molecule has 1 N–H and O–H groups in total. The fourth-order valence-electron chi connectivity index (χ4n) is 2.65. The molecule has 88 valence electrons. The Hall–Kier alpha value is -0.120. The molecule has 2 saturated heterocycles. The topological polar surface area (TPSA) is 24.5 Å². The number of hydrogen-bond acceptors (Lipinski definition) is 3. The van der Waals surface area contributed by atoms with Gasteiger partial charge in [0.1, 0.15) is 0 Å². The van der Waals surface area contributed by atoms with Crippen molar-refractivity contribution in [3.63, 3.8) is 0 Å². The van der Waals surface area contributed by atoms with Crippen LogP contribution in [0.4, 0.5) is 0 Å². The summed E-state index contributed by atoms with van der Waals surface area (Å²) in [5, 5.41) is 3.43. The fourth-order valence-corrected chi connectivity index (χ4v) is 2.65. The van der Waals surface area contributed by atoms with Crippen LogP contribution in [0.1, 0.15) is 26.7 Å². The first-order chi connectivity index (χ1) is 7.27. The van der Waals surface area contributed by atoms with Crippen LogP contribution in [0.15, 0.2) is 0 Å². The molecule has 2 atom stereocenters. The lowest BCUT2D eigenvalue weighted by Gasteiger charge is -2.40. The number of morpholine rings is 1. The van der Waals surface area contributed by atoms with Gasteiger partial charge in [-0.15, -0.1) is 0 Å². The molecule has 0 aromatic carbocycles. The summed E-state index contributed by atoms with van der Waals surface area (Å²) in [4.78, 5) is 2.62. The Bertz CT molecular complexity index is 192. The Labute approximate surface area is 93.2 Å². The highest BCUT2D eigenvalue weighted by Gasteiger charge is 2.27. The first kappa shape index (κ1) is 11.4. The summed E-state index contributed by atoms with van der Waals surface area (Å²) in [5.41, 5.74) is 0. The minimum atomic E-state index is 0.403. The average Bonchev–Trinajstić information content (AvgIpc) is 2.26. The molecule has 0 amide bonds. The summed E-state index contributed by atoms with van der Waals surface area (Å²) >= 11 is 0. The minimum absolute atomic E-state index is 0.403. The van der Waals surface area contributed by atoms with Crippen LogP contribution in [0.2, 0.25) is 0 Å². The van der Waals surface area contributed by atoms with E-state index in [-0.39, 0.29) is 0 Å². The van der Waals surface area contributed by atoms with E-state index in [9.17, 15) is 0 Å². The van der Waals surface area contributed by atoms with Crippen LogP contribution < -0.4 is 5.32 Å². The molecular formula is C12H24N2O. The SMILES string of the molecule is CC1OCCN(CC2CCNCC2)C1C. The normalized spacial score (nSPS) is 35.6. The molecule has 2 fully saturated rings. The van der Waals surface area contributed by atoms with Crippen molar-refractivity contribution in [1.82, 2.24) is 10.2 Å². The summed E-state index contributed by atoms with van der Waals surface area (Å²) < 4.78 is 5.66. The standard InChI is InChI=1S/C12H24N2O/c1-10-11(2)15-8-7-14(10)9-12-3-5-13-6-4-12/h10-13H,3-9H2,1-2H3. The maximum absolute atomic E-state index is 5.66. The van der Waals surface area contributed by atoms with Crippen molar-refractivity contribution in [2.45, 2.75) is 38.8 Å². The van der Waals surface area contributed by atoms with E-state index in [4.69, 9.17) is 4.74 Å². The Balaban J connectivity index is 1.81. The fraction of sp³-hybridized carbons (Fsp3) is 1.00. The van der Waals surface area contributed by atoms with Gasteiger partial charge in [0.15, 0.2) is 0 Å². The van der Waals surface area contributed by atoms with Crippen molar-refractivity contribution < 1.29 is 4.74 Å². The predicted molar refractivity (Wildman–Crippen MR) is 62.0 cm³/mol. The van der Waals surface area contributed by atoms with Crippen LogP contribution in [0.3, 0.4) is 0 Å². The summed E-state index contributed by atoms with van der Waals surface area (Å²) in [7, 11) is 0. The van der Waals surface area contributed by atoms with Gasteiger partial charge in [-0.3, -0.25) is 4.90 Å². The van der Waals surface area contributed by atoms with Crippen LogP contribution in [-0.4, -0.2) is 49.8 Å². The van der Waals surface area contributed by atoms with Gasteiger partial charge in [-0.05, 0) is 45.7 Å². The van der Waals surface area contributed by atoms with E-state index in [1.54, 1.807) is 0 Å². The molecule has 0 aromatic heterocycles. The van der Waals surface area contributed by atoms with E-state index in [1.165, 1.54) is 32.5 Å². The third-order valence-corrected chi connectivity index (χ3v) is 3.97. The van der Waals surface area contributed by atoms with Crippen LogP contribution in [0, 0.1) is 5.92 Å². The van der Waals surface area contributed by atoms with Crippen LogP contribution in [0.25, 0.3) is 0 Å². The molecule has 3 heteroatoms. The maximum atomic E-state index is 5.66. The van der Waals surface area contributed by atoms with Gasteiger partial charge in [0.2, 0.25) is 0 Å². The lowest BCUT2D eigenvalue weighted by molar-refractivity contribution is -0.0610. The van der Waals surface area contributed by atoms with E-state index in [1.807, 2.05) is 0 Å². The second kappa shape index (κ2) is 5.28. The zero-order valence-electron chi connectivity index (χ0n) is 10.0. The van der Waals surface area contributed by atoms with Gasteiger partial charge in [0.25, 0.3) is 0 Å². The molecule has 2 rings (SSSR count). The summed E-state index contributed by atoms with van der Waals surface area (Å²) in [6.07, 6.45) is 3.09. The molecule has 0 radical (unpaired) electrons.